The van der Waals surface area contributed by atoms with Gasteiger partial charge in [0.2, 0.25) is 0 Å². The molecule has 1 atom stereocenters. The number of carboxylic acid groups (broad SMARTS) is 2. The van der Waals surface area contributed by atoms with E-state index >= 15 is 0 Å². The molecule has 0 aromatic rings. The number of aliphatic carboxylic acids is 2. The number of nitrogens with zero attached hydrogens (tertiary/aromatic N) is 1. The summed E-state index contributed by atoms with van der Waals surface area (Å²) in [6.45, 7) is 3.53. The van der Waals surface area contributed by atoms with Gasteiger partial charge in [-0.25, -0.2) is 0 Å². The molecule has 0 bridgehead atoms. The van der Waals surface area contributed by atoms with Crippen LogP contribution >= 0.6 is 0 Å². The second-order valence-corrected chi connectivity index (χ2v) is 4.90. The molecule has 0 rings (SSSR count). The molecular weight excluding hydrogens is 252 g/mol. The van der Waals surface area contributed by atoms with E-state index in [2.05, 4.69) is 0 Å². The topological polar surface area (TPSA) is 124 Å². The maximum absolute atomic E-state index is 11.6. The average Bonchev–Trinajstić information content (AvgIpc) is 2.16. The molecule has 0 fully saturated rings. The number of rotatable bonds is 8. The molecule has 8 nitrogen and oxygen atoms in total. The zero-order valence-electron chi connectivity index (χ0n) is 9.58. The van der Waals surface area contributed by atoms with E-state index in [1.807, 2.05) is 4.72 Å². The summed E-state index contributed by atoms with van der Waals surface area (Å²) in [6, 6.07) is -1.67. The molecule has 0 amide bonds. The first-order valence-electron chi connectivity index (χ1n) is 4.96. The van der Waals surface area contributed by atoms with E-state index in [0.29, 0.717) is 0 Å². The Morgan fingerprint density at radius 2 is 1.71 bits per heavy atom. The number of carbonyl (C=O) groups is 2. The van der Waals surface area contributed by atoms with Crippen LogP contribution in [-0.4, -0.2) is 54.0 Å². The predicted molar refractivity (Wildman–Crippen MR) is 58.7 cm³/mol. The Morgan fingerprint density at radius 1 is 1.24 bits per heavy atom. The van der Waals surface area contributed by atoms with Crippen molar-refractivity contribution in [1.82, 2.24) is 9.03 Å². The summed E-state index contributed by atoms with van der Waals surface area (Å²) in [5.41, 5.74) is 0. The summed E-state index contributed by atoms with van der Waals surface area (Å²) < 4.78 is 26.1. The summed E-state index contributed by atoms with van der Waals surface area (Å²) in [5, 5.41) is 17.2. The Balaban J connectivity index is 4.86. The molecule has 0 aromatic carbocycles. The minimum atomic E-state index is -3.97. The van der Waals surface area contributed by atoms with Crippen molar-refractivity contribution in [2.45, 2.75) is 26.3 Å². The molecule has 0 spiro atoms. The van der Waals surface area contributed by atoms with Crippen LogP contribution in [0.15, 0.2) is 0 Å². The third kappa shape index (κ3) is 5.11. The lowest BCUT2D eigenvalue weighted by molar-refractivity contribution is -0.145. The Labute approximate surface area is 99.4 Å². The van der Waals surface area contributed by atoms with Crippen LogP contribution in [0.4, 0.5) is 0 Å². The van der Waals surface area contributed by atoms with E-state index in [-0.39, 0.29) is 13.1 Å². The normalized spacial score (nSPS) is 13.6. The highest BCUT2D eigenvalue weighted by molar-refractivity contribution is 7.87. The molecule has 0 aliphatic heterocycles. The minimum Gasteiger partial charge on any atom is -0.481 e. The van der Waals surface area contributed by atoms with Crippen molar-refractivity contribution < 1.29 is 28.2 Å². The van der Waals surface area contributed by atoms with Gasteiger partial charge in [0.05, 0.1) is 6.42 Å². The Bertz CT molecular complexity index is 375. The van der Waals surface area contributed by atoms with Crippen LogP contribution in [0.1, 0.15) is 20.3 Å². The van der Waals surface area contributed by atoms with Gasteiger partial charge < -0.3 is 10.2 Å². The molecule has 17 heavy (non-hydrogen) atoms. The molecule has 0 saturated heterocycles. The predicted octanol–water partition coefficient (Wildman–Crippen LogP) is -0.909. The summed E-state index contributed by atoms with van der Waals surface area (Å²) in [4.78, 5) is 21.1. The van der Waals surface area contributed by atoms with E-state index in [1.165, 1.54) is 0 Å². The number of carboxylic acids is 2. The molecule has 0 heterocycles. The van der Waals surface area contributed by atoms with Crippen molar-refractivity contribution in [3.8, 4) is 0 Å². The molecule has 3 N–H and O–H groups in total. The maximum atomic E-state index is 11.6. The highest BCUT2D eigenvalue weighted by Gasteiger charge is 2.29. The Morgan fingerprint density at radius 3 is 2.00 bits per heavy atom. The fourth-order valence-corrected chi connectivity index (χ4v) is 2.54. The Hall–Kier alpha value is -1.19. The fourth-order valence-electron chi connectivity index (χ4n) is 1.17. The van der Waals surface area contributed by atoms with Gasteiger partial charge in [0.1, 0.15) is 6.04 Å². The summed E-state index contributed by atoms with van der Waals surface area (Å²) in [5.74, 6) is -2.91. The smallest absolute Gasteiger partial charge is 0.322 e. The first-order valence-corrected chi connectivity index (χ1v) is 6.40. The summed E-state index contributed by atoms with van der Waals surface area (Å²) in [7, 11) is -3.97. The van der Waals surface area contributed by atoms with Crippen LogP contribution in [0.25, 0.3) is 0 Å². The van der Waals surface area contributed by atoms with Crippen molar-refractivity contribution >= 4 is 22.1 Å². The van der Waals surface area contributed by atoms with E-state index in [9.17, 15) is 18.0 Å². The lowest BCUT2D eigenvalue weighted by Gasteiger charge is -2.21. The molecule has 0 aliphatic rings. The van der Waals surface area contributed by atoms with Gasteiger partial charge in [0.25, 0.3) is 10.2 Å². The largest absolute Gasteiger partial charge is 0.481 e. The van der Waals surface area contributed by atoms with Gasteiger partial charge in [-0.2, -0.15) is 17.4 Å². The lowest BCUT2D eigenvalue weighted by Crippen LogP contribution is -2.49. The van der Waals surface area contributed by atoms with Crippen LogP contribution in [0.3, 0.4) is 0 Å². The SMILES string of the molecule is CCN(CC)S(=O)(=O)NC(CC(=O)O)C(=O)O. The zero-order chi connectivity index (χ0) is 13.6. The monoisotopic (exact) mass is 268 g/mol. The zero-order valence-corrected chi connectivity index (χ0v) is 10.4. The van der Waals surface area contributed by atoms with Crippen LogP contribution in [-0.2, 0) is 19.8 Å². The highest BCUT2D eigenvalue weighted by atomic mass is 32.2. The standard InChI is InChI=1S/C8H16N2O6S/c1-3-10(4-2)17(15,16)9-6(8(13)14)5-7(11)12/h6,9H,3-5H2,1-2H3,(H,11,12)(H,13,14). The van der Waals surface area contributed by atoms with Gasteiger partial charge in [-0.3, -0.25) is 9.59 Å². The number of hydrogen-bond donors (Lipinski definition) is 3. The van der Waals surface area contributed by atoms with Gasteiger partial charge in [-0.15, -0.1) is 0 Å². The molecule has 0 radical (unpaired) electrons. The molecule has 0 saturated carbocycles. The Kier molecular flexibility index (Phi) is 6.07. The molecule has 100 valence electrons. The molecular formula is C8H16N2O6S. The first kappa shape index (κ1) is 15.8. The third-order valence-corrected chi connectivity index (χ3v) is 3.79. The van der Waals surface area contributed by atoms with E-state index in [0.717, 1.165) is 4.31 Å². The average molecular weight is 268 g/mol. The van der Waals surface area contributed by atoms with Gasteiger partial charge in [0.15, 0.2) is 0 Å². The van der Waals surface area contributed by atoms with Crippen LogP contribution in [0.2, 0.25) is 0 Å². The van der Waals surface area contributed by atoms with Crippen LogP contribution in [0.5, 0.6) is 0 Å². The van der Waals surface area contributed by atoms with E-state index < -0.39 is 34.6 Å². The molecule has 1 unspecified atom stereocenters. The van der Waals surface area contributed by atoms with Crippen molar-refractivity contribution in [3.05, 3.63) is 0 Å². The van der Waals surface area contributed by atoms with Gasteiger partial charge >= 0.3 is 11.9 Å². The first-order chi connectivity index (χ1) is 7.74. The summed E-state index contributed by atoms with van der Waals surface area (Å²) >= 11 is 0. The number of nitrogens with one attached hydrogen (secondary N) is 1. The number of hydrogen-bond acceptors (Lipinski definition) is 4. The van der Waals surface area contributed by atoms with Crippen molar-refractivity contribution in [3.63, 3.8) is 0 Å². The van der Waals surface area contributed by atoms with Crippen molar-refractivity contribution in [2.24, 2.45) is 0 Å². The highest BCUT2D eigenvalue weighted by Crippen LogP contribution is 2.01. The second-order valence-electron chi connectivity index (χ2n) is 3.20. The van der Waals surface area contributed by atoms with Crippen LogP contribution < -0.4 is 4.72 Å². The minimum absolute atomic E-state index is 0.172. The van der Waals surface area contributed by atoms with Crippen molar-refractivity contribution in [1.29, 1.82) is 0 Å². The second kappa shape index (κ2) is 6.52. The van der Waals surface area contributed by atoms with Crippen LogP contribution in [0, 0.1) is 0 Å². The molecule has 9 heteroatoms. The third-order valence-electron chi connectivity index (χ3n) is 2.01. The van der Waals surface area contributed by atoms with Gasteiger partial charge in [0, 0.05) is 13.1 Å². The van der Waals surface area contributed by atoms with Gasteiger partial charge in [-0.1, -0.05) is 13.8 Å². The summed E-state index contributed by atoms with van der Waals surface area (Å²) in [6.07, 6.45) is -0.810. The van der Waals surface area contributed by atoms with Crippen molar-refractivity contribution in [2.75, 3.05) is 13.1 Å². The maximum Gasteiger partial charge on any atom is 0.322 e. The van der Waals surface area contributed by atoms with E-state index in [1.54, 1.807) is 13.8 Å². The fraction of sp³-hybridized carbons (Fsp3) is 0.750. The van der Waals surface area contributed by atoms with E-state index in [4.69, 9.17) is 10.2 Å². The molecule has 0 aromatic heterocycles. The van der Waals surface area contributed by atoms with Gasteiger partial charge in [-0.05, 0) is 0 Å². The lowest BCUT2D eigenvalue weighted by atomic mass is 10.2. The quantitative estimate of drug-likeness (QED) is 0.523. The molecule has 0 aliphatic carbocycles.